The Morgan fingerprint density at radius 3 is 1.17 bits per heavy atom. The van der Waals surface area contributed by atoms with Gasteiger partial charge in [-0.25, -0.2) is 0 Å². The zero-order chi connectivity index (χ0) is 20.6. The van der Waals surface area contributed by atoms with Crippen molar-refractivity contribution < 1.29 is 4.21 Å². The quantitative estimate of drug-likeness (QED) is 0.332. The zero-order valence-corrected chi connectivity index (χ0v) is 17.9. The summed E-state index contributed by atoms with van der Waals surface area (Å²) in [5.74, 6) is 1.17. The maximum atomic E-state index is 13.1. The van der Waals surface area contributed by atoms with Crippen molar-refractivity contribution in [1.82, 2.24) is 0 Å². The first kappa shape index (κ1) is 20.3. The molecule has 2 heteroatoms. The van der Waals surface area contributed by atoms with Crippen molar-refractivity contribution >= 4 is 10.8 Å². The summed E-state index contributed by atoms with van der Waals surface area (Å²) in [5, 5.41) is 0. The SMILES string of the molecule is O=S(Cc1ccccc1Cc1ccccc1)Cc1ccccc1Cc1ccccc1. The number of rotatable bonds is 8. The Balaban J connectivity index is 1.47. The third-order valence-electron chi connectivity index (χ3n) is 5.34. The summed E-state index contributed by atoms with van der Waals surface area (Å²) in [6, 6.07) is 37.7. The standard InChI is InChI=1S/C28H26OS/c29-30(21-27-17-9-7-15-25(27)19-23-11-3-1-4-12-23)22-28-18-10-8-16-26(28)20-24-13-5-2-6-14-24/h1-18H,19-22H2. The molecule has 0 radical (unpaired) electrons. The summed E-state index contributed by atoms with van der Waals surface area (Å²) in [6.07, 6.45) is 1.75. The van der Waals surface area contributed by atoms with Crippen molar-refractivity contribution in [3.05, 3.63) is 143 Å². The third-order valence-corrected chi connectivity index (χ3v) is 6.61. The maximum Gasteiger partial charge on any atom is 0.0491 e. The lowest BCUT2D eigenvalue weighted by molar-refractivity contribution is 0.682. The molecule has 4 rings (SSSR count). The molecule has 0 unspecified atom stereocenters. The van der Waals surface area contributed by atoms with Crippen LogP contribution >= 0.6 is 0 Å². The van der Waals surface area contributed by atoms with Gasteiger partial charge in [-0.1, -0.05) is 109 Å². The maximum absolute atomic E-state index is 13.1. The summed E-state index contributed by atoms with van der Waals surface area (Å²) >= 11 is 0. The van der Waals surface area contributed by atoms with Gasteiger partial charge in [0.1, 0.15) is 0 Å². The molecule has 4 aromatic rings. The average Bonchev–Trinajstić information content (AvgIpc) is 2.78. The molecular formula is C28H26OS. The van der Waals surface area contributed by atoms with Gasteiger partial charge in [-0.15, -0.1) is 0 Å². The molecule has 0 amide bonds. The van der Waals surface area contributed by atoms with E-state index in [9.17, 15) is 4.21 Å². The first-order valence-corrected chi connectivity index (χ1v) is 11.8. The fourth-order valence-electron chi connectivity index (χ4n) is 3.77. The lowest BCUT2D eigenvalue weighted by Gasteiger charge is -2.12. The average molecular weight is 411 g/mol. The van der Waals surface area contributed by atoms with Gasteiger partial charge in [-0.2, -0.15) is 0 Å². The Hall–Kier alpha value is -2.97. The van der Waals surface area contributed by atoms with Crippen LogP contribution in [0.3, 0.4) is 0 Å². The van der Waals surface area contributed by atoms with E-state index in [1.54, 1.807) is 0 Å². The van der Waals surface area contributed by atoms with Crippen LogP contribution in [-0.2, 0) is 35.1 Å². The topological polar surface area (TPSA) is 17.1 Å². The second kappa shape index (κ2) is 10.2. The molecule has 0 atom stereocenters. The van der Waals surface area contributed by atoms with Gasteiger partial charge in [0.15, 0.2) is 0 Å². The summed E-state index contributed by atoms with van der Waals surface area (Å²) in [5.41, 5.74) is 7.44. The van der Waals surface area contributed by atoms with E-state index in [-0.39, 0.29) is 0 Å². The van der Waals surface area contributed by atoms with Crippen LogP contribution in [0.2, 0.25) is 0 Å². The number of hydrogen-bond acceptors (Lipinski definition) is 1. The molecule has 0 saturated heterocycles. The van der Waals surface area contributed by atoms with Crippen molar-refractivity contribution in [1.29, 1.82) is 0 Å². The largest absolute Gasteiger partial charge is 0.259 e. The van der Waals surface area contributed by atoms with Gasteiger partial charge in [0, 0.05) is 22.3 Å². The van der Waals surface area contributed by atoms with Crippen LogP contribution in [0.1, 0.15) is 33.4 Å². The Labute approximate surface area is 181 Å². The number of hydrogen-bond donors (Lipinski definition) is 0. The van der Waals surface area contributed by atoms with Crippen LogP contribution in [0, 0.1) is 0 Å². The molecule has 0 spiro atoms. The molecule has 0 fully saturated rings. The highest BCUT2D eigenvalue weighted by Gasteiger charge is 2.11. The molecule has 0 aromatic heterocycles. The highest BCUT2D eigenvalue weighted by molar-refractivity contribution is 7.83. The molecule has 0 bridgehead atoms. The van der Waals surface area contributed by atoms with Crippen LogP contribution in [-0.4, -0.2) is 4.21 Å². The highest BCUT2D eigenvalue weighted by Crippen LogP contribution is 2.20. The van der Waals surface area contributed by atoms with Gasteiger partial charge in [0.25, 0.3) is 0 Å². The van der Waals surface area contributed by atoms with E-state index in [0.29, 0.717) is 11.5 Å². The molecule has 1 nitrogen and oxygen atoms in total. The van der Waals surface area contributed by atoms with Gasteiger partial charge in [0.2, 0.25) is 0 Å². The monoisotopic (exact) mass is 410 g/mol. The van der Waals surface area contributed by atoms with E-state index < -0.39 is 10.8 Å². The van der Waals surface area contributed by atoms with Crippen LogP contribution in [0.4, 0.5) is 0 Å². The summed E-state index contributed by atoms with van der Waals surface area (Å²) in [6.45, 7) is 0. The highest BCUT2D eigenvalue weighted by atomic mass is 32.2. The first-order chi connectivity index (χ1) is 14.8. The molecule has 150 valence electrons. The fourth-order valence-corrected chi connectivity index (χ4v) is 5.13. The van der Waals surface area contributed by atoms with Crippen LogP contribution in [0.5, 0.6) is 0 Å². The van der Waals surface area contributed by atoms with E-state index in [4.69, 9.17) is 0 Å². The summed E-state index contributed by atoms with van der Waals surface area (Å²) < 4.78 is 13.1. The third kappa shape index (κ3) is 5.55. The Morgan fingerprint density at radius 2 is 0.767 bits per heavy atom. The molecular weight excluding hydrogens is 384 g/mol. The molecule has 0 heterocycles. The molecule has 30 heavy (non-hydrogen) atoms. The van der Waals surface area contributed by atoms with Crippen molar-refractivity contribution in [2.24, 2.45) is 0 Å². The molecule has 0 aliphatic carbocycles. The normalized spacial score (nSPS) is 11.0. The smallest absolute Gasteiger partial charge is 0.0491 e. The fraction of sp³-hybridized carbons (Fsp3) is 0.143. The minimum Gasteiger partial charge on any atom is -0.259 e. The number of benzene rings is 4. The predicted octanol–water partition coefficient (Wildman–Crippen LogP) is 6.32. The van der Waals surface area contributed by atoms with E-state index in [0.717, 1.165) is 12.8 Å². The van der Waals surface area contributed by atoms with E-state index in [1.165, 1.54) is 33.4 Å². The van der Waals surface area contributed by atoms with Gasteiger partial charge < -0.3 is 0 Å². The van der Waals surface area contributed by atoms with Crippen molar-refractivity contribution in [3.8, 4) is 0 Å². The van der Waals surface area contributed by atoms with Gasteiger partial charge in [-0.3, -0.25) is 4.21 Å². The molecule has 4 aromatic carbocycles. The van der Waals surface area contributed by atoms with E-state index in [1.807, 2.05) is 24.3 Å². The van der Waals surface area contributed by atoms with Crippen LogP contribution < -0.4 is 0 Å². The van der Waals surface area contributed by atoms with Crippen molar-refractivity contribution in [2.45, 2.75) is 24.3 Å². The van der Waals surface area contributed by atoms with Crippen LogP contribution in [0.25, 0.3) is 0 Å². The molecule has 0 aliphatic rings. The van der Waals surface area contributed by atoms with Gasteiger partial charge >= 0.3 is 0 Å². The lowest BCUT2D eigenvalue weighted by Crippen LogP contribution is -2.05. The second-order valence-electron chi connectivity index (χ2n) is 7.59. The first-order valence-electron chi connectivity index (χ1n) is 10.3. The second-order valence-corrected chi connectivity index (χ2v) is 9.05. The Bertz CT molecular complexity index is 1010. The minimum atomic E-state index is -0.959. The molecule has 0 N–H and O–H groups in total. The summed E-state index contributed by atoms with van der Waals surface area (Å²) in [4.78, 5) is 0. The minimum absolute atomic E-state index is 0.586. The molecule has 0 aliphatic heterocycles. The zero-order valence-electron chi connectivity index (χ0n) is 17.0. The van der Waals surface area contributed by atoms with E-state index >= 15 is 0 Å². The lowest BCUT2D eigenvalue weighted by atomic mass is 10.0. The van der Waals surface area contributed by atoms with Crippen molar-refractivity contribution in [2.75, 3.05) is 0 Å². The van der Waals surface area contributed by atoms with Gasteiger partial charge in [-0.05, 0) is 46.2 Å². The van der Waals surface area contributed by atoms with Gasteiger partial charge in [0.05, 0.1) is 0 Å². The Kier molecular flexibility index (Phi) is 6.89. The van der Waals surface area contributed by atoms with Crippen LogP contribution in [0.15, 0.2) is 109 Å². The molecule has 0 saturated carbocycles. The predicted molar refractivity (Wildman–Crippen MR) is 127 cm³/mol. The Morgan fingerprint density at radius 1 is 0.433 bits per heavy atom. The van der Waals surface area contributed by atoms with E-state index in [2.05, 4.69) is 84.9 Å². The van der Waals surface area contributed by atoms with Crippen molar-refractivity contribution in [3.63, 3.8) is 0 Å². The summed E-state index contributed by atoms with van der Waals surface area (Å²) in [7, 11) is -0.959.